The second kappa shape index (κ2) is 8.95. The van der Waals surface area contributed by atoms with Crippen molar-refractivity contribution in [3.8, 4) is 0 Å². The van der Waals surface area contributed by atoms with Gasteiger partial charge in [-0.05, 0) is 48.7 Å². The highest BCUT2D eigenvalue weighted by atomic mass is 19.1. The quantitative estimate of drug-likeness (QED) is 0.407. The van der Waals surface area contributed by atoms with Gasteiger partial charge in [-0.1, -0.05) is 18.2 Å². The summed E-state index contributed by atoms with van der Waals surface area (Å²) in [6, 6.07) is 15.0. The third-order valence-electron chi connectivity index (χ3n) is 3.92. The average molecular weight is 367 g/mol. The van der Waals surface area contributed by atoms with Crippen LogP contribution in [0.1, 0.15) is 12.0 Å². The number of aryl methyl sites for hydroxylation is 1. The van der Waals surface area contributed by atoms with Crippen LogP contribution in [0.2, 0.25) is 0 Å². The van der Waals surface area contributed by atoms with Crippen LogP contribution in [0.25, 0.3) is 0 Å². The molecule has 0 atom stereocenters. The largest absolute Gasteiger partial charge is 0.399 e. The highest BCUT2D eigenvalue weighted by Crippen LogP contribution is 2.22. The number of benzene rings is 2. The molecule has 0 saturated heterocycles. The summed E-state index contributed by atoms with van der Waals surface area (Å²) in [6.45, 7) is 0.742. The third-order valence-corrected chi connectivity index (χ3v) is 3.92. The van der Waals surface area contributed by atoms with Crippen LogP contribution in [0.15, 0.2) is 54.7 Å². The number of nitrogens with zero attached hydrogens (tertiary/aromatic N) is 2. The van der Waals surface area contributed by atoms with Crippen molar-refractivity contribution in [2.75, 3.05) is 30.1 Å². The van der Waals surface area contributed by atoms with Crippen molar-refractivity contribution in [3.05, 3.63) is 66.1 Å². The van der Waals surface area contributed by atoms with Crippen molar-refractivity contribution in [2.24, 2.45) is 0 Å². The molecule has 6 nitrogen and oxygen atoms in total. The van der Waals surface area contributed by atoms with Gasteiger partial charge in [-0.15, -0.1) is 0 Å². The molecule has 0 saturated carbocycles. The van der Waals surface area contributed by atoms with E-state index in [-0.39, 0.29) is 5.82 Å². The SMILES string of the molecule is COCCCc1ccc(Nc2ncc(F)c(Nc3cccc(N)c3)n2)cc1. The Kier molecular flexibility index (Phi) is 6.17. The van der Waals surface area contributed by atoms with Crippen LogP contribution >= 0.6 is 0 Å². The Balaban J connectivity index is 1.68. The van der Waals surface area contributed by atoms with Gasteiger partial charge in [-0.25, -0.2) is 9.37 Å². The second-order valence-electron chi connectivity index (χ2n) is 6.06. The number of methoxy groups -OCH3 is 1. The summed E-state index contributed by atoms with van der Waals surface area (Å²) in [5.41, 5.74) is 9.03. The van der Waals surface area contributed by atoms with E-state index in [0.717, 1.165) is 31.3 Å². The molecule has 0 spiro atoms. The molecule has 1 aromatic heterocycles. The standard InChI is InChI=1S/C20H22FN5O/c1-27-11-3-4-14-7-9-16(10-8-14)25-20-23-13-18(21)19(26-20)24-17-6-2-5-15(22)12-17/h2,5-10,12-13H,3-4,11,22H2,1H3,(H2,23,24,25,26). The fourth-order valence-electron chi connectivity index (χ4n) is 2.57. The van der Waals surface area contributed by atoms with Crippen molar-refractivity contribution in [1.29, 1.82) is 0 Å². The van der Waals surface area contributed by atoms with E-state index in [1.54, 1.807) is 31.4 Å². The molecule has 3 rings (SSSR count). The topological polar surface area (TPSA) is 85.1 Å². The molecular weight excluding hydrogens is 345 g/mol. The first-order valence-corrected chi connectivity index (χ1v) is 8.64. The first-order chi connectivity index (χ1) is 13.1. The van der Waals surface area contributed by atoms with Crippen molar-refractivity contribution >= 4 is 28.8 Å². The lowest BCUT2D eigenvalue weighted by atomic mass is 10.1. The summed E-state index contributed by atoms with van der Waals surface area (Å²) >= 11 is 0. The number of nitrogens with two attached hydrogens (primary N) is 1. The predicted octanol–water partition coefficient (Wildman–Crippen LogP) is 4.26. The van der Waals surface area contributed by atoms with E-state index in [1.807, 2.05) is 24.3 Å². The first kappa shape index (κ1) is 18.6. The molecule has 0 unspecified atom stereocenters. The van der Waals surface area contributed by atoms with Crippen LogP contribution in [0.3, 0.4) is 0 Å². The maximum absolute atomic E-state index is 14.0. The maximum Gasteiger partial charge on any atom is 0.229 e. The van der Waals surface area contributed by atoms with E-state index in [0.29, 0.717) is 17.3 Å². The molecular formula is C20H22FN5O. The van der Waals surface area contributed by atoms with Gasteiger partial charge >= 0.3 is 0 Å². The van der Waals surface area contributed by atoms with Gasteiger partial charge in [0.25, 0.3) is 0 Å². The number of halogens is 1. The normalized spacial score (nSPS) is 10.6. The van der Waals surface area contributed by atoms with Gasteiger partial charge in [0.05, 0.1) is 6.20 Å². The fourth-order valence-corrected chi connectivity index (χ4v) is 2.57. The van der Waals surface area contributed by atoms with Crippen LogP contribution in [-0.2, 0) is 11.2 Å². The zero-order valence-corrected chi connectivity index (χ0v) is 15.1. The molecule has 3 aromatic rings. The number of hydrogen-bond donors (Lipinski definition) is 3. The van der Waals surface area contributed by atoms with Gasteiger partial charge in [-0.3, -0.25) is 0 Å². The molecule has 27 heavy (non-hydrogen) atoms. The van der Waals surface area contributed by atoms with Crippen molar-refractivity contribution in [2.45, 2.75) is 12.8 Å². The van der Waals surface area contributed by atoms with Gasteiger partial charge < -0.3 is 21.1 Å². The molecule has 0 aliphatic carbocycles. The summed E-state index contributed by atoms with van der Waals surface area (Å²) in [5, 5.41) is 6.00. The average Bonchev–Trinajstić information content (AvgIpc) is 2.66. The van der Waals surface area contributed by atoms with E-state index in [4.69, 9.17) is 10.5 Å². The lowest BCUT2D eigenvalue weighted by Gasteiger charge is -2.10. The summed E-state index contributed by atoms with van der Waals surface area (Å²) in [4.78, 5) is 8.21. The number of ether oxygens (including phenoxy) is 1. The molecule has 4 N–H and O–H groups in total. The minimum atomic E-state index is -0.545. The number of nitrogen functional groups attached to an aromatic ring is 1. The Bertz CT molecular complexity index is 886. The zero-order chi connectivity index (χ0) is 19.1. The summed E-state index contributed by atoms with van der Waals surface area (Å²) < 4.78 is 19.1. The van der Waals surface area contributed by atoms with Gasteiger partial charge in [0.2, 0.25) is 5.95 Å². The Morgan fingerprint density at radius 1 is 1.07 bits per heavy atom. The van der Waals surface area contributed by atoms with Crippen molar-refractivity contribution in [3.63, 3.8) is 0 Å². The smallest absolute Gasteiger partial charge is 0.229 e. The van der Waals surface area contributed by atoms with Gasteiger partial charge in [0.1, 0.15) is 0 Å². The van der Waals surface area contributed by atoms with Gasteiger partial charge in [-0.2, -0.15) is 4.98 Å². The number of nitrogens with one attached hydrogen (secondary N) is 2. The lowest BCUT2D eigenvalue weighted by Crippen LogP contribution is -2.03. The van der Waals surface area contributed by atoms with E-state index in [9.17, 15) is 4.39 Å². The monoisotopic (exact) mass is 367 g/mol. The highest BCUT2D eigenvalue weighted by Gasteiger charge is 2.08. The number of anilines is 5. The molecule has 7 heteroatoms. The lowest BCUT2D eigenvalue weighted by molar-refractivity contribution is 0.195. The van der Waals surface area contributed by atoms with Gasteiger partial charge in [0, 0.05) is 30.8 Å². The van der Waals surface area contributed by atoms with Gasteiger partial charge in [0.15, 0.2) is 11.6 Å². The predicted molar refractivity (Wildman–Crippen MR) is 106 cm³/mol. The molecule has 0 aliphatic heterocycles. The maximum atomic E-state index is 14.0. The van der Waals surface area contributed by atoms with E-state index >= 15 is 0 Å². The fraction of sp³-hybridized carbons (Fsp3) is 0.200. The second-order valence-corrected chi connectivity index (χ2v) is 6.06. The highest BCUT2D eigenvalue weighted by molar-refractivity contribution is 5.63. The van der Waals surface area contributed by atoms with Crippen LogP contribution in [0, 0.1) is 5.82 Å². The Hall–Kier alpha value is -3.19. The number of rotatable bonds is 8. The third kappa shape index (κ3) is 5.39. The first-order valence-electron chi connectivity index (χ1n) is 8.64. The van der Waals surface area contributed by atoms with E-state index in [1.165, 1.54) is 5.56 Å². The summed E-state index contributed by atoms with van der Waals surface area (Å²) in [6.07, 6.45) is 3.06. The molecule has 0 amide bonds. The van der Waals surface area contributed by atoms with E-state index < -0.39 is 5.82 Å². The zero-order valence-electron chi connectivity index (χ0n) is 15.1. The molecule has 0 aliphatic rings. The molecule has 140 valence electrons. The molecule has 2 aromatic carbocycles. The van der Waals surface area contributed by atoms with Crippen LogP contribution in [0.4, 0.5) is 33.2 Å². The molecule has 0 radical (unpaired) electrons. The van der Waals surface area contributed by atoms with E-state index in [2.05, 4.69) is 20.6 Å². The molecule has 1 heterocycles. The molecule has 0 fully saturated rings. The Labute approximate surface area is 157 Å². The number of aromatic nitrogens is 2. The summed E-state index contributed by atoms with van der Waals surface area (Å²) in [7, 11) is 1.70. The van der Waals surface area contributed by atoms with Crippen LogP contribution in [-0.4, -0.2) is 23.7 Å². The van der Waals surface area contributed by atoms with Crippen molar-refractivity contribution < 1.29 is 9.13 Å². The summed E-state index contributed by atoms with van der Waals surface area (Å²) in [5.74, 6) is -0.166. The van der Waals surface area contributed by atoms with Crippen molar-refractivity contribution in [1.82, 2.24) is 9.97 Å². The Morgan fingerprint density at radius 3 is 2.63 bits per heavy atom. The molecule has 0 bridgehead atoms. The van der Waals surface area contributed by atoms with Crippen LogP contribution < -0.4 is 16.4 Å². The Morgan fingerprint density at radius 2 is 1.89 bits per heavy atom. The number of hydrogen-bond acceptors (Lipinski definition) is 6. The minimum Gasteiger partial charge on any atom is -0.399 e. The minimum absolute atomic E-state index is 0.0780. The van der Waals surface area contributed by atoms with Crippen LogP contribution in [0.5, 0.6) is 0 Å².